The maximum atomic E-state index is 12.9. The molecule has 0 spiro atoms. The van der Waals surface area contributed by atoms with E-state index in [1.54, 1.807) is 55.6 Å². The molecule has 3 aromatic carbocycles. The lowest BCUT2D eigenvalue weighted by atomic mass is 10.1. The van der Waals surface area contributed by atoms with Crippen molar-refractivity contribution in [3.63, 3.8) is 0 Å². The zero-order chi connectivity index (χ0) is 21.3. The summed E-state index contributed by atoms with van der Waals surface area (Å²) in [5, 5.41) is 5.52. The van der Waals surface area contributed by atoms with Crippen LogP contribution in [0.1, 0.15) is 16.8 Å². The lowest BCUT2D eigenvalue weighted by molar-refractivity contribution is -0.116. The lowest BCUT2D eigenvalue weighted by Gasteiger charge is -2.12. The highest BCUT2D eigenvalue weighted by molar-refractivity contribution is 6.10. The van der Waals surface area contributed by atoms with Gasteiger partial charge in [-0.25, -0.2) is 4.39 Å². The monoisotopic (exact) mass is 408 g/mol. The minimum atomic E-state index is -0.360. The van der Waals surface area contributed by atoms with Crippen molar-refractivity contribution in [2.24, 2.45) is 0 Å². The minimum absolute atomic E-state index is 0.0726. The second-order valence-corrected chi connectivity index (χ2v) is 6.33. The van der Waals surface area contributed by atoms with Crippen LogP contribution in [0.4, 0.5) is 15.8 Å². The fourth-order valence-corrected chi connectivity index (χ4v) is 2.69. The summed E-state index contributed by atoms with van der Waals surface area (Å²) in [7, 11) is 1.55. The third-order valence-electron chi connectivity index (χ3n) is 4.18. The molecule has 0 aliphatic rings. The molecule has 30 heavy (non-hydrogen) atoms. The Morgan fingerprint density at radius 1 is 0.900 bits per heavy atom. The van der Waals surface area contributed by atoms with Crippen molar-refractivity contribution < 1.29 is 23.5 Å². The van der Waals surface area contributed by atoms with Crippen molar-refractivity contribution in [3.05, 3.63) is 84.2 Å². The first-order chi connectivity index (χ1) is 14.5. The molecule has 3 rings (SSSR count). The second kappa shape index (κ2) is 10.1. The van der Waals surface area contributed by atoms with Gasteiger partial charge in [0.2, 0.25) is 5.91 Å². The van der Waals surface area contributed by atoms with Crippen LogP contribution in [-0.2, 0) is 4.79 Å². The summed E-state index contributed by atoms with van der Waals surface area (Å²) in [4.78, 5) is 25.0. The van der Waals surface area contributed by atoms with Gasteiger partial charge >= 0.3 is 0 Å². The van der Waals surface area contributed by atoms with E-state index in [0.29, 0.717) is 28.4 Å². The summed E-state index contributed by atoms with van der Waals surface area (Å²) in [5.41, 5.74) is 1.30. The number of hydrogen-bond acceptors (Lipinski definition) is 4. The number of nitrogens with one attached hydrogen (secondary N) is 2. The van der Waals surface area contributed by atoms with Gasteiger partial charge in [-0.05, 0) is 48.5 Å². The molecule has 0 radical (unpaired) electrons. The van der Waals surface area contributed by atoms with Gasteiger partial charge in [0.15, 0.2) is 0 Å². The SMILES string of the molecule is COc1cccc(NC(=O)c2ccccc2NC(=O)CCOc2ccc(F)cc2)c1. The molecule has 0 saturated heterocycles. The molecule has 6 nitrogen and oxygen atoms in total. The first kappa shape index (κ1) is 20.9. The van der Waals surface area contributed by atoms with Gasteiger partial charge in [0.1, 0.15) is 17.3 Å². The van der Waals surface area contributed by atoms with E-state index in [2.05, 4.69) is 10.6 Å². The Bertz CT molecular complexity index is 1020. The van der Waals surface area contributed by atoms with Crippen molar-refractivity contribution >= 4 is 23.2 Å². The van der Waals surface area contributed by atoms with E-state index < -0.39 is 0 Å². The molecule has 3 aromatic rings. The molecule has 0 unspecified atom stereocenters. The molecule has 0 atom stereocenters. The first-order valence-corrected chi connectivity index (χ1v) is 9.28. The largest absolute Gasteiger partial charge is 0.497 e. The highest BCUT2D eigenvalue weighted by Gasteiger charge is 2.14. The number of carbonyl (C=O) groups excluding carboxylic acids is 2. The summed E-state index contributed by atoms with van der Waals surface area (Å²) in [6.45, 7) is 0.121. The van der Waals surface area contributed by atoms with Crippen molar-refractivity contribution in [1.29, 1.82) is 0 Å². The predicted octanol–water partition coefficient (Wildman–Crippen LogP) is 4.49. The third-order valence-corrected chi connectivity index (χ3v) is 4.18. The topological polar surface area (TPSA) is 76.7 Å². The smallest absolute Gasteiger partial charge is 0.257 e. The highest BCUT2D eigenvalue weighted by atomic mass is 19.1. The Balaban J connectivity index is 1.59. The molecule has 0 aliphatic heterocycles. The summed E-state index contributed by atoms with van der Waals surface area (Å²) < 4.78 is 23.5. The van der Waals surface area contributed by atoms with Gasteiger partial charge in [-0.3, -0.25) is 9.59 Å². The number of halogens is 1. The molecule has 7 heteroatoms. The Hall–Kier alpha value is -3.87. The van der Waals surface area contributed by atoms with Gasteiger partial charge in [-0.1, -0.05) is 18.2 Å². The number of rotatable bonds is 8. The Morgan fingerprint density at radius 3 is 2.43 bits per heavy atom. The van der Waals surface area contributed by atoms with Crippen LogP contribution in [0.25, 0.3) is 0 Å². The average molecular weight is 408 g/mol. The molecule has 0 aromatic heterocycles. The fraction of sp³-hybridized carbons (Fsp3) is 0.130. The normalized spacial score (nSPS) is 10.2. The van der Waals surface area contributed by atoms with E-state index in [4.69, 9.17) is 9.47 Å². The molecule has 2 N–H and O–H groups in total. The van der Waals surface area contributed by atoms with Crippen molar-refractivity contribution in [3.8, 4) is 11.5 Å². The van der Waals surface area contributed by atoms with Gasteiger partial charge in [-0.15, -0.1) is 0 Å². The minimum Gasteiger partial charge on any atom is -0.497 e. The molecule has 0 bridgehead atoms. The van der Waals surface area contributed by atoms with Gasteiger partial charge in [0.25, 0.3) is 5.91 Å². The molecular weight excluding hydrogens is 387 g/mol. The van der Waals surface area contributed by atoms with Crippen LogP contribution >= 0.6 is 0 Å². The quantitative estimate of drug-likeness (QED) is 0.576. The Labute approximate surface area is 173 Å². The molecule has 2 amide bonds. The van der Waals surface area contributed by atoms with Crippen molar-refractivity contribution in [2.75, 3.05) is 24.4 Å². The number of para-hydroxylation sites is 1. The Morgan fingerprint density at radius 2 is 1.67 bits per heavy atom. The van der Waals surface area contributed by atoms with Gasteiger partial charge < -0.3 is 20.1 Å². The molecule has 154 valence electrons. The number of anilines is 2. The van der Waals surface area contributed by atoms with E-state index in [0.717, 1.165) is 0 Å². The predicted molar refractivity (Wildman–Crippen MR) is 113 cm³/mol. The summed E-state index contributed by atoms with van der Waals surface area (Å²) >= 11 is 0. The van der Waals surface area contributed by atoms with E-state index in [-0.39, 0.29) is 30.7 Å². The number of amides is 2. The van der Waals surface area contributed by atoms with Crippen LogP contribution in [0.15, 0.2) is 72.8 Å². The van der Waals surface area contributed by atoms with Crippen LogP contribution in [0.5, 0.6) is 11.5 Å². The molecular formula is C23H21FN2O4. The molecule has 0 heterocycles. The van der Waals surface area contributed by atoms with E-state index >= 15 is 0 Å². The standard InChI is InChI=1S/C23H21FN2O4/c1-29-19-6-4-5-17(15-19)25-23(28)20-7-2-3-8-21(20)26-22(27)13-14-30-18-11-9-16(24)10-12-18/h2-12,15H,13-14H2,1H3,(H,25,28)(H,26,27). The molecule has 0 aliphatic carbocycles. The number of methoxy groups -OCH3 is 1. The van der Waals surface area contributed by atoms with Gasteiger partial charge in [0, 0.05) is 11.8 Å². The number of benzene rings is 3. The number of carbonyl (C=O) groups is 2. The van der Waals surface area contributed by atoms with Gasteiger partial charge in [0.05, 0.1) is 31.4 Å². The zero-order valence-electron chi connectivity index (χ0n) is 16.4. The number of hydrogen-bond donors (Lipinski definition) is 2. The molecule has 0 fully saturated rings. The summed E-state index contributed by atoms with van der Waals surface area (Å²) in [5.74, 6) is 0.0715. The van der Waals surface area contributed by atoms with Gasteiger partial charge in [-0.2, -0.15) is 0 Å². The van der Waals surface area contributed by atoms with E-state index in [1.165, 1.54) is 24.3 Å². The maximum absolute atomic E-state index is 12.9. The van der Waals surface area contributed by atoms with E-state index in [9.17, 15) is 14.0 Å². The highest BCUT2D eigenvalue weighted by Crippen LogP contribution is 2.20. The maximum Gasteiger partial charge on any atom is 0.257 e. The summed E-state index contributed by atoms with van der Waals surface area (Å²) in [6, 6.07) is 19.3. The zero-order valence-corrected chi connectivity index (χ0v) is 16.4. The second-order valence-electron chi connectivity index (χ2n) is 6.33. The van der Waals surface area contributed by atoms with Crippen LogP contribution in [0.3, 0.4) is 0 Å². The first-order valence-electron chi connectivity index (χ1n) is 9.28. The average Bonchev–Trinajstić information content (AvgIpc) is 2.75. The van der Waals surface area contributed by atoms with Crippen molar-refractivity contribution in [2.45, 2.75) is 6.42 Å². The summed E-state index contributed by atoms with van der Waals surface area (Å²) in [6.07, 6.45) is 0.0726. The third kappa shape index (κ3) is 5.81. The molecule has 0 saturated carbocycles. The van der Waals surface area contributed by atoms with E-state index in [1.807, 2.05) is 0 Å². The van der Waals surface area contributed by atoms with Crippen LogP contribution in [0.2, 0.25) is 0 Å². The fourth-order valence-electron chi connectivity index (χ4n) is 2.69. The van der Waals surface area contributed by atoms with Crippen LogP contribution in [0, 0.1) is 5.82 Å². The van der Waals surface area contributed by atoms with Crippen LogP contribution < -0.4 is 20.1 Å². The van der Waals surface area contributed by atoms with Crippen LogP contribution in [-0.4, -0.2) is 25.5 Å². The number of ether oxygens (including phenoxy) is 2. The van der Waals surface area contributed by atoms with Crippen molar-refractivity contribution in [1.82, 2.24) is 0 Å². The lowest BCUT2D eigenvalue weighted by Crippen LogP contribution is -2.19. The Kier molecular flexibility index (Phi) is 7.00.